The largest absolute Gasteiger partial charge is 0.256 e. The van der Waals surface area contributed by atoms with E-state index in [9.17, 15) is 0 Å². The molecule has 0 saturated heterocycles. The predicted octanol–water partition coefficient (Wildman–Crippen LogP) is 6.51. The van der Waals surface area contributed by atoms with Gasteiger partial charge in [0.25, 0.3) is 0 Å². The van der Waals surface area contributed by atoms with Gasteiger partial charge in [0, 0.05) is 17.0 Å². The van der Waals surface area contributed by atoms with Gasteiger partial charge in [0.15, 0.2) is 0 Å². The number of para-hydroxylation sites is 1. The average Bonchev–Trinajstić information content (AvgIpc) is 2.74. The summed E-state index contributed by atoms with van der Waals surface area (Å²) in [6.07, 6.45) is 8.54. The van der Waals surface area contributed by atoms with Crippen molar-refractivity contribution in [2.45, 2.75) is 25.2 Å². The molecule has 136 valence electrons. The van der Waals surface area contributed by atoms with Crippen molar-refractivity contribution in [1.82, 2.24) is 4.98 Å². The van der Waals surface area contributed by atoms with Gasteiger partial charge in [0.2, 0.25) is 0 Å². The fourth-order valence-corrected chi connectivity index (χ4v) is 4.57. The Morgan fingerprint density at radius 3 is 2.57 bits per heavy atom. The van der Waals surface area contributed by atoms with E-state index in [1.54, 1.807) is 0 Å². The molecule has 5 rings (SSSR count). The topological polar surface area (TPSA) is 12.9 Å². The van der Waals surface area contributed by atoms with Gasteiger partial charge >= 0.3 is 0 Å². The molecule has 0 aliphatic heterocycles. The molecule has 1 aliphatic carbocycles. The lowest BCUT2D eigenvalue weighted by atomic mass is 9.69. The van der Waals surface area contributed by atoms with Gasteiger partial charge in [0.1, 0.15) is 0 Å². The van der Waals surface area contributed by atoms with Crippen LogP contribution in [0.15, 0.2) is 97.2 Å². The molecule has 1 heterocycles. The third-order valence-corrected chi connectivity index (χ3v) is 5.95. The van der Waals surface area contributed by atoms with E-state index in [2.05, 4.69) is 96.9 Å². The zero-order chi connectivity index (χ0) is 19.0. The summed E-state index contributed by atoms with van der Waals surface area (Å²) in [5, 5.41) is 1.21. The van der Waals surface area contributed by atoms with Crippen LogP contribution in [0.5, 0.6) is 0 Å². The van der Waals surface area contributed by atoms with Gasteiger partial charge in [-0.25, -0.2) is 0 Å². The third-order valence-electron chi connectivity index (χ3n) is 5.95. The number of hydrogen-bond acceptors (Lipinski definition) is 1. The number of rotatable bonds is 3. The van der Waals surface area contributed by atoms with Crippen molar-refractivity contribution in [1.29, 1.82) is 0 Å². The Bertz CT molecular complexity index is 1180. The summed E-state index contributed by atoms with van der Waals surface area (Å²) >= 11 is 0. The van der Waals surface area contributed by atoms with E-state index < -0.39 is 0 Å². The number of fused-ring (bicyclic) bond motifs is 4. The highest BCUT2D eigenvalue weighted by atomic mass is 14.6. The summed E-state index contributed by atoms with van der Waals surface area (Å²) < 4.78 is 0. The lowest BCUT2D eigenvalue weighted by Crippen LogP contribution is -2.27. The minimum atomic E-state index is 0.00294. The molecule has 0 bridgehead atoms. The molecule has 1 aliphatic rings. The molecule has 3 aromatic carbocycles. The highest BCUT2D eigenvalue weighted by Crippen LogP contribution is 2.43. The van der Waals surface area contributed by atoms with Crippen LogP contribution in [-0.2, 0) is 18.3 Å². The smallest absolute Gasteiger partial charge is 0.0737 e. The van der Waals surface area contributed by atoms with Gasteiger partial charge in [-0.1, -0.05) is 91.9 Å². The molecule has 28 heavy (non-hydrogen) atoms. The zero-order valence-corrected chi connectivity index (χ0v) is 16.1. The number of hydrogen-bond donors (Lipinski definition) is 0. The summed E-state index contributed by atoms with van der Waals surface area (Å²) in [4.78, 5) is 4.60. The SMILES string of the molecule is CC1(/C=C/Cc2cccc3cccnc23)Cc2ccccc2-c2ccccc21. The number of benzene rings is 3. The normalized spacial score (nSPS) is 18.2. The van der Waals surface area contributed by atoms with Crippen molar-refractivity contribution in [3.63, 3.8) is 0 Å². The zero-order valence-electron chi connectivity index (χ0n) is 16.1. The molecule has 0 fully saturated rings. The quantitative estimate of drug-likeness (QED) is 0.379. The molecule has 1 nitrogen and oxygen atoms in total. The Hall–Kier alpha value is -3.19. The van der Waals surface area contributed by atoms with E-state index in [-0.39, 0.29) is 5.41 Å². The molecule has 0 amide bonds. The Balaban J connectivity index is 1.51. The van der Waals surface area contributed by atoms with Gasteiger partial charge in [0.05, 0.1) is 5.52 Å². The van der Waals surface area contributed by atoms with Gasteiger partial charge in [-0.15, -0.1) is 0 Å². The molecule has 1 atom stereocenters. The first-order chi connectivity index (χ1) is 13.7. The second kappa shape index (κ2) is 6.76. The van der Waals surface area contributed by atoms with Crippen molar-refractivity contribution >= 4 is 10.9 Å². The van der Waals surface area contributed by atoms with E-state index in [0.29, 0.717) is 0 Å². The van der Waals surface area contributed by atoms with Crippen molar-refractivity contribution in [2.24, 2.45) is 0 Å². The van der Waals surface area contributed by atoms with E-state index >= 15 is 0 Å². The molecule has 0 radical (unpaired) electrons. The molecule has 1 heteroatoms. The van der Waals surface area contributed by atoms with Crippen molar-refractivity contribution in [3.8, 4) is 11.1 Å². The Morgan fingerprint density at radius 2 is 1.64 bits per heavy atom. The first-order valence-corrected chi connectivity index (χ1v) is 9.93. The minimum absolute atomic E-state index is 0.00294. The number of aromatic nitrogens is 1. The molecule has 0 N–H and O–H groups in total. The van der Waals surface area contributed by atoms with Crippen molar-refractivity contribution in [3.05, 3.63) is 114 Å². The van der Waals surface area contributed by atoms with Crippen LogP contribution in [-0.4, -0.2) is 4.98 Å². The van der Waals surface area contributed by atoms with Crippen LogP contribution in [0.25, 0.3) is 22.0 Å². The van der Waals surface area contributed by atoms with Gasteiger partial charge in [-0.3, -0.25) is 4.98 Å². The maximum absolute atomic E-state index is 4.60. The number of allylic oxidation sites excluding steroid dienone is 2. The second-order valence-electron chi connectivity index (χ2n) is 7.90. The van der Waals surface area contributed by atoms with Crippen molar-refractivity contribution < 1.29 is 0 Å². The van der Waals surface area contributed by atoms with Gasteiger partial charge < -0.3 is 0 Å². The number of pyridine rings is 1. The van der Waals surface area contributed by atoms with Crippen LogP contribution in [0.4, 0.5) is 0 Å². The van der Waals surface area contributed by atoms with Crippen LogP contribution in [0.2, 0.25) is 0 Å². The summed E-state index contributed by atoms with van der Waals surface area (Å²) in [5.74, 6) is 0. The van der Waals surface area contributed by atoms with E-state index in [1.165, 1.54) is 33.2 Å². The Labute approximate surface area is 166 Å². The van der Waals surface area contributed by atoms with E-state index in [4.69, 9.17) is 0 Å². The molecule has 1 aromatic heterocycles. The first-order valence-electron chi connectivity index (χ1n) is 9.93. The summed E-state index contributed by atoms with van der Waals surface area (Å²) in [7, 11) is 0. The van der Waals surface area contributed by atoms with Crippen LogP contribution in [0.1, 0.15) is 23.6 Å². The average molecular weight is 361 g/mol. The molecule has 4 aromatic rings. The Kier molecular flexibility index (Phi) is 4.09. The summed E-state index contributed by atoms with van der Waals surface area (Å²) in [6, 6.07) is 28.2. The lowest BCUT2D eigenvalue weighted by Gasteiger charge is -2.35. The van der Waals surface area contributed by atoms with Crippen LogP contribution < -0.4 is 0 Å². The second-order valence-corrected chi connectivity index (χ2v) is 7.90. The minimum Gasteiger partial charge on any atom is -0.256 e. The maximum atomic E-state index is 4.60. The maximum Gasteiger partial charge on any atom is 0.0737 e. The Morgan fingerprint density at radius 1 is 0.857 bits per heavy atom. The first kappa shape index (κ1) is 16.9. The highest BCUT2D eigenvalue weighted by molar-refractivity contribution is 5.81. The molecule has 0 saturated carbocycles. The van der Waals surface area contributed by atoms with Gasteiger partial charge in [-0.05, 0) is 46.7 Å². The van der Waals surface area contributed by atoms with Crippen LogP contribution in [0.3, 0.4) is 0 Å². The highest BCUT2D eigenvalue weighted by Gasteiger charge is 2.32. The summed E-state index contributed by atoms with van der Waals surface area (Å²) in [6.45, 7) is 2.36. The van der Waals surface area contributed by atoms with Gasteiger partial charge in [-0.2, -0.15) is 0 Å². The monoisotopic (exact) mass is 361 g/mol. The van der Waals surface area contributed by atoms with E-state index in [0.717, 1.165) is 18.4 Å². The van der Waals surface area contributed by atoms with Crippen LogP contribution >= 0.6 is 0 Å². The lowest BCUT2D eigenvalue weighted by molar-refractivity contribution is 0.583. The third kappa shape index (κ3) is 2.84. The molecular formula is C27H23N. The molecule has 1 unspecified atom stereocenters. The summed E-state index contributed by atoms with van der Waals surface area (Å²) in [5.41, 5.74) is 7.98. The van der Waals surface area contributed by atoms with Crippen molar-refractivity contribution in [2.75, 3.05) is 0 Å². The fourth-order valence-electron chi connectivity index (χ4n) is 4.57. The predicted molar refractivity (Wildman–Crippen MR) is 118 cm³/mol. The fraction of sp³-hybridized carbons (Fsp3) is 0.148. The van der Waals surface area contributed by atoms with Crippen LogP contribution in [0, 0.1) is 0 Å². The molecular weight excluding hydrogens is 338 g/mol. The molecule has 0 spiro atoms. The van der Waals surface area contributed by atoms with E-state index in [1.807, 2.05) is 12.3 Å². The number of nitrogens with zero attached hydrogens (tertiary/aromatic N) is 1. The standard InChI is InChI=1S/C27H23N/c1-27(17-7-12-20-10-6-11-21-13-8-18-28-26(20)21)19-22-9-2-3-14-23(22)24-15-4-5-16-25(24)27/h2-11,13-18H,12,19H2,1H3/b17-7+.